The number of hydrogen-bond acceptors (Lipinski definition) is 8. The normalized spacial score (nSPS) is 21.6. The summed E-state index contributed by atoms with van der Waals surface area (Å²) >= 11 is 0. The van der Waals surface area contributed by atoms with E-state index in [1.807, 2.05) is 0 Å². The highest BCUT2D eigenvalue weighted by Crippen LogP contribution is 2.39. The number of carboxylic acid groups (broad SMARTS) is 2. The fourth-order valence-corrected chi connectivity index (χ4v) is 4.77. The summed E-state index contributed by atoms with van der Waals surface area (Å²) in [4.78, 5) is 52.1. The fraction of sp³-hybridized carbons (Fsp3) is 0.276. The molecule has 42 heavy (non-hydrogen) atoms. The fourth-order valence-electron chi connectivity index (χ4n) is 4.77. The number of alkyl halides is 3. The van der Waals surface area contributed by atoms with Crippen LogP contribution in [-0.4, -0.2) is 40.4 Å². The number of rotatable bonds is 7. The highest BCUT2D eigenvalue weighted by Gasteiger charge is 2.52. The Hall–Kier alpha value is -5.12. The van der Waals surface area contributed by atoms with E-state index >= 15 is 0 Å². The Morgan fingerprint density at radius 3 is 2.36 bits per heavy atom. The second-order valence-corrected chi connectivity index (χ2v) is 10.5. The van der Waals surface area contributed by atoms with Crippen molar-refractivity contribution in [1.29, 1.82) is 5.26 Å². The first-order valence-corrected chi connectivity index (χ1v) is 12.5. The molecule has 2 unspecified atom stereocenters. The van der Waals surface area contributed by atoms with E-state index in [9.17, 15) is 42.6 Å². The van der Waals surface area contributed by atoms with Crippen LogP contribution in [0.2, 0.25) is 0 Å². The van der Waals surface area contributed by atoms with E-state index in [1.165, 1.54) is 39.0 Å². The summed E-state index contributed by atoms with van der Waals surface area (Å²) in [7, 11) is 0. The Morgan fingerprint density at radius 2 is 1.76 bits per heavy atom. The zero-order valence-electron chi connectivity index (χ0n) is 22.5. The molecular formula is C29H23F3N4O6-2. The van der Waals surface area contributed by atoms with Gasteiger partial charge in [0.15, 0.2) is 0 Å². The molecule has 1 aliphatic carbocycles. The number of aliphatic carboxylic acids is 2. The molecule has 2 aliphatic rings. The lowest BCUT2D eigenvalue weighted by Gasteiger charge is -2.39. The molecule has 1 N–H and O–H groups in total. The first-order chi connectivity index (χ1) is 19.5. The van der Waals surface area contributed by atoms with Crippen LogP contribution in [0.3, 0.4) is 0 Å². The minimum absolute atomic E-state index is 0.235. The molecule has 0 radical (unpaired) electrons. The molecule has 2 aromatic rings. The molecule has 0 spiro atoms. The predicted molar refractivity (Wildman–Crippen MR) is 138 cm³/mol. The van der Waals surface area contributed by atoms with E-state index in [4.69, 9.17) is 5.26 Å². The summed E-state index contributed by atoms with van der Waals surface area (Å²) in [5, 5.41) is 35.5. The molecule has 218 valence electrons. The van der Waals surface area contributed by atoms with Crippen molar-refractivity contribution in [1.82, 2.24) is 4.90 Å². The Bertz CT molecular complexity index is 1610. The summed E-state index contributed by atoms with van der Waals surface area (Å²) < 4.78 is 40.7. The Balaban J connectivity index is 1.70. The number of para-hydroxylation sites is 1. The number of hydrogen-bond donors (Lipinski definition) is 1. The number of nitrogens with one attached hydrogen (secondary N) is 1. The molecule has 3 amide bonds. The molecule has 2 atom stereocenters. The monoisotopic (exact) mass is 580 g/mol. The second kappa shape index (κ2) is 10.4. The van der Waals surface area contributed by atoms with Crippen molar-refractivity contribution in [3.05, 3.63) is 83.0 Å². The van der Waals surface area contributed by atoms with Gasteiger partial charge in [-0.15, -0.1) is 0 Å². The second-order valence-electron chi connectivity index (χ2n) is 10.5. The topological polar surface area (TPSA) is 157 Å². The van der Waals surface area contributed by atoms with E-state index in [0.717, 1.165) is 23.1 Å². The molecule has 1 saturated heterocycles. The number of halogens is 3. The number of nitrogens with zero attached hydrogens (tertiary/aromatic N) is 3. The van der Waals surface area contributed by atoms with Crippen LogP contribution in [0, 0.1) is 16.7 Å². The Kier molecular flexibility index (Phi) is 7.37. The molecule has 0 saturated carbocycles. The minimum atomic E-state index is -4.91. The third-order valence-corrected chi connectivity index (χ3v) is 7.44. The van der Waals surface area contributed by atoms with Crippen molar-refractivity contribution >= 4 is 35.3 Å². The van der Waals surface area contributed by atoms with Crippen molar-refractivity contribution in [2.24, 2.45) is 5.41 Å². The van der Waals surface area contributed by atoms with Gasteiger partial charge >= 0.3 is 12.2 Å². The number of urea groups is 1. The first kappa shape index (κ1) is 29.9. The van der Waals surface area contributed by atoms with Gasteiger partial charge in [-0.25, -0.2) is 9.69 Å². The maximum atomic E-state index is 13.6. The molecule has 2 aromatic carbocycles. The quantitative estimate of drug-likeness (QED) is 0.488. The number of carboxylic acids is 2. The molecule has 1 aliphatic heterocycles. The van der Waals surface area contributed by atoms with Gasteiger partial charge in [-0.05, 0) is 56.2 Å². The van der Waals surface area contributed by atoms with Gasteiger partial charge in [0.25, 0.3) is 5.91 Å². The lowest BCUT2D eigenvalue weighted by Crippen LogP contribution is -2.51. The molecule has 0 bridgehead atoms. The van der Waals surface area contributed by atoms with E-state index in [2.05, 4.69) is 5.32 Å². The van der Waals surface area contributed by atoms with E-state index < -0.39 is 58.2 Å². The summed E-state index contributed by atoms with van der Waals surface area (Å²) in [5.74, 6) is -3.81. The number of benzene rings is 2. The van der Waals surface area contributed by atoms with Gasteiger partial charge < -0.3 is 30.0 Å². The predicted octanol–water partition coefficient (Wildman–Crippen LogP) is 2.11. The maximum Gasteiger partial charge on any atom is 0.417 e. The SMILES string of the molecule is CC1(C(=O)[O-])C=CC(C(=O)[O-])=CC1Nc1ccccc1CN1C(=O)N(c2ccc(C#N)c(C(F)(F)F)c2)C(=O)C1(C)C. The molecule has 1 fully saturated rings. The van der Waals surface area contributed by atoms with Crippen LogP contribution in [0.5, 0.6) is 0 Å². The Labute approximate surface area is 237 Å². The summed E-state index contributed by atoms with van der Waals surface area (Å²) in [5.41, 5.74) is -5.10. The number of anilines is 2. The molecule has 10 nitrogen and oxygen atoms in total. The van der Waals surface area contributed by atoms with Gasteiger partial charge in [-0.2, -0.15) is 18.4 Å². The van der Waals surface area contributed by atoms with Gasteiger partial charge in [-0.3, -0.25) is 4.79 Å². The standard InChI is InChI=1S/C29H25F3N4O6/c1-27(2)24(39)36(19-9-8-17(14-33)20(13-19)29(30,31)32)26(42)35(27)15-18-6-4-5-7-21(18)34-22-12-16(23(37)38)10-11-28(22,3)25(40)41/h4-13,22,34H,15H2,1-3H3,(H,37,38)(H,40,41)/p-2. The van der Waals surface area contributed by atoms with Crippen LogP contribution >= 0.6 is 0 Å². The van der Waals surface area contributed by atoms with Gasteiger partial charge in [0, 0.05) is 11.1 Å². The van der Waals surface area contributed by atoms with Gasteiger partial charge in [0.1, 0.15) is 5.54 Å². The largest absolute Gasteiger partial charge is 0.549 e. The smallest absolute Gasteiger partial charge is 0.417 e. The van der Waals surface area contributed by atoms with Crippen LogP contribution in [0.25, 0.3) is 0 Å². The van der Waals surface area contributed by atoms with Crippen molar-refractivity contribution in [3.63, 3.8) is 0 Å². The number of carbonyl (C=O) groups excluding carboxylic acids is 4. The molecule has 4 rings (SSSR count). The van der Waals surface area contributed by atoms with Crippen LogP contribution in [0.15, 0.2) is 66.3 Å². The van der Waals surface area contributed by atoms with Gasteiger partial charge in [0.2, 0.25) is 0 Å². The van der Waals surface area contributed by atoms with Gasteiger partial charge in [-0.1, -0.05) is 36.4 Å². The molecule has 13 heteroatoms. The third-order valence-electron chi connectivity index (χ3n) is 7.44. The molecular weight excluding hydrogens is 557 g/mol. The lowest BCUT2D eigenvalue weighted by molar-refractivity contribution is -0.316. The summed E-state index contributed by atoms with van der Waals surface area (Å²) in [6.07, 6.45) is -1.47. The third kappa shape index (κ3) is 5.07. The lowest BCUT2D eigenvalue weighted by atomic mass is 9.77. The molecule has 1 heterocycles. The number of imide groups is 1. The van der Waals surface area contributed by atoms with Crippen molar-refractivity contribution in [2.75, 3.05) is 10.2 Å². The minimum Gasteiger partial charge on any atom is -0.549 e. The van der Waals surface area contributed by atoms with Gasteiger partial charge in [0.05, 0.1) is 47.4 Å². The molecule has 0 aromatic heterocycles. The van der Waals surface area contributed by atoms with Crippen LogP contribution in [-0.2, 0) is 27.1 Å². The highest BCUT2D eigenvalue weighted by atomic mass is 19.4. The van der Waals surface area contributed by atoms with E-state index in [-0.39, 0.29) is 17.8 Å². The number of nitriles is 1. The van der Waals surface area contributed by atoms with E-state index in [1.54, 1.807) is 24.3 Å². The number of carbonyl (C=O) groups is 4. The first-order valence-electron chi connectivity index (χ1n) is 12.5. The zero-order chi connectivity index (χ0) is 31.2. The van der Waals surface area contributed by atoms with Crippen LogP contribution in [0.4, 0.5) is 29.3 Å². The van der Waals surface area contributed by atoms with Crippen LogP contribution in [0.1, 0.15) is 37.5 Å². The van der Waals surface area contributed by atoms with E-state index in [0.29, 0.717) is 22.2 Å². The van der Waals surface area contributed by atoms with Crippen molar-refractivity contribution < 1.29 is 42.6 Å². The zero-order valence-corrected chi connectivity index (χ0v) is 22.5. The number of amides is 3. The van der Waals surface area contributed by atoms with Crippen molar-refractivity contribution in [2.45, 2.75) is 45.1 Å². The van der Waals surface area contributed by atoms with Crippen LogP contribution < -0.4 is 20.4 Å². The summed E-state index contributed by atoms with van der Waals surface area (Å²) in [6, 6.07) is 8.30. The average molecular weight is 581 g/mol. The Morgan fingerprint density at radius 1 is 1.10 bits per heavy atom. The summed E-state index contributed by atoms with van der Waals surface area (Å²) in [6.45, 7) is 3.94. The maximum absolute atomic E-state index is 13.6. The average Bonchev–Trinajstić information content (AvgIpc) is 3.08. The highest BCUT2D eigenvalue weighted by molar-refractivity contribution is 6.23. The van der Waals surface area contributed by atoms with Crippen molar-refractivity contribution in [3.8, 4) is 6.07 Å².